The second-order valence-corrected chi connectivity index (χ2v) is 5.84. The van der Waals surface area contributed by atoms with Crippen molar-refractivity contribution >= 4 is 17.3 Å². The van der Waals surface area contributed by atoms with E-state index in [-0.39, 0.29) is 11.4 Å². The van der Waals surface area contributed by atoms with Crippen LogP contribution in [0.4, 0.5) is 10.1 Å². The Morgan fingerprint density at radius 2 is 2.06 bits per heavy atom. The quantitative estimate of drug-likeness (QED) is 0.841. The predicted molar refractivity (Wildman–Crippen MR) is 72.8 cm³/mol. The number of hydrogen-bond acceptors (Lipinski definition) is 2. The van der Waals surface area contributed by atoms with Crippen molar-refractivity contribution in [1.82, 2.24) is 5.32 Å². The van der Waals surface area contributed by atoms with Crippen LogP contribution >= 0.6 is 11.6 Å². The van der Waals surface area contributed by atoms with E-state index in [4.69, 9.17) is 11.6 Å². The summed E-state index contributed by atoms with van der Waals surface area (Å²) in [4.78, 5) is 2.30. The molecule has 0 radical (unpaired) electrons. The van der Waals surface area contributed by atoms with Crippen molar-refractivity contribution in [3.8, 4) is 0 Å². The Kier molecular flexibility index (Phi) is 3.20. The zero-order valence-corrected chi connectivity index (χ0v) is 11.1. The Morgan fingerprint density at radius 3 is 2.78 bits per heavy atom. The molecule has 1 aromatic rings. The molecule has 2 nitrogen and oxygen atoms in total. The van der Waals surface area contributed by atoms with Gasteiger partial charge in [0.15, 0.2) is 0 Å². The van der Waals surface area contributed by atoms with Crippen LogP contribution < -0.4 is 10.2 Å². The highest BCUT2D eigenvalue weighted by atomic mass is 35.5. The highest BCUT2D eigenvalue weighted by Gasteiger charge is 2.37. The van der Waals surface area contributed by atoms with E-state index < -0.39 is 0 Å². The summed E-state index contributed by atoms with van der Waals surface area (Å²) in [6, 6.07) is 4.69. The van der Waals surface area contributed by atoms with E-state index in [0.29, 0.717) is 5.02 Å². The number of rotatable bonds is 1. The second kappa shape index (κ2) is 4.71. The molecule has 3 rings (SSSR count). The van der Waals surface area contributed by atoms with E-state index in [0.717, 1.165) is 25.3 Å². The molecule has 0 amide bonds. The maximum Gasteiger partial charge on any atom is 0.124 e. The molecule has 1 aliphatic carbocycles. The fourth-order valence-electron chi connectivity index (χ4n) is 3.29. The molecule has 2 fully saturated rings. The lowest BCUT2D eigenvalue weighted by atomic mass is 9.94. The molecule has 0 bridgehead atoms. The SMILES string of the molecule is Fc1ccc(N2CCNC3(CCCC3)C2)c(Cl)c1. The van der Waals surface area contributed by atoms with Crippen molar-refractivity contribution in [2.45, 2.75) is 31.2 Å². The molecule has 2 aliphatic rings. The summed E-state index contributed by atoms with van der Waals surface area (Å²) < 4.78 is 13.1. The maximum absolute atomic E-state index is 13.1. The minimum Gasteiger partial charge on any atom is -0.367 e. The van der Waals surface area contributed by atoms with E-state index in [9.17, 15) is 4.39 Å². The number of halogens is 2. The van der Waals surface area contributed by atoms with E-state index >= 15 is 0 Å². The summed E-state index contributed by atoms with van der Waals surface area (Å²) in [6.45, 7) is 2.90. The molecular formula is C14H18ClFN2. The Balaban J connectivity index is 1.83. The second-order valence-electron chi connectivity index (χ2n) is 5.43. The van der Waals surface area contributed by atoms with Crippen LogP contribution in [-0.2, 0) is 0 Å². The summed E-state index contributed by atoms with van der Waals surface area (Å²) in [7, 11) is 0. The standard InChI is InChI=1S/C14H18ClFN2/c15-12-9-11(16)3-4-13(12)18-8-7-17-14(10-18)5-1-2-6-14/h3-4,9,17H,1-2,5-8,10H2. The van der Waals surface area contributed by atoms with Crippen LogP contribution in [-0.4, -0.2) is 25.2 Å². The lowest BCUT2D eigenvalue weighted by Crippen LogP contribution is -2.59. The summed E-state index contributed by atoms with van der Waals surface area (Å²) in [6.07, 6.45) is 5.08. The van der Waals surface area contributed by atoms with Gasteiger partial charge in [-0.15, -0.1) is 0 Å². The van der Waals surface area contributed by atoms with Crippen molar-refractivity contribution in [2.24, 2.45) is 0 Å². The molecule has 1 aromatic carbocycles. The molecule has 1 spiro atoms. The van der Waals surface area contributed by atoms with Gasteiger partial charge in [-0.1, -0.05) is 24.4 Å². The number of piperazine rings is 1. The first-order valence-corrected chi connectivity index (χ1v) is 7.01. The molecule has 4 heteroatoms. The van der Waals surface area contributed by atoms with E-state index in [2.05, 4.69) is 10.2 Å². The zero-order valence-electron chi connectivity index (χ0n) is 10.4. The molecule has 1 aliphatic heterocycles. The van der Waals surface area contributed by atoms with Gasteiger partial charge in [-0.05, 0) is 31.0 Å². The Labute approximate surface area is 112 Å². The monoisotopic (exact) mass is 268 g/mol. The molecule has 1 saturated carbocycles. The summed E-state index contributed by atoms with van der Waals surface area (Å²) >= 11 is 6.16. The van der Waals surface area contributed by atoms with Crippen LogP contribution in [0.5, 0.6) is 0 Å². The lowest BCUT2D eigenvalue weighted by molar-refractivity contribution is 0.304. The van der Waals surface area contributed by atoms with Gasteiger partial charge in [0, 0.05) is 25.2 Å². The van der Waals surface area contributed by atoms with Crippen molar-refractivity contribution in [3.05, 3.63) is 29.0 Å². The summed E-state index contributed by atoms with van der Waals surface area (Å²) in [5.74, 6) is -0.269. The number of nitrogens with one attached hydrogen (secondary N) is 1. The van der Waals surface area contributed by atoms with Gasteiger partial charge in [-0.3, -0.25) is 0 Å². The first kappa shape index (κ1) is 12.2. The molecule has 1 N–H and O–H groups in total. The topological polar surface area (TPSA) is 15.3 Å². The number of benzene rings is 1. The van der Waals surface area contributed by atoms with Crippen LogP contribution in [0.1, 0.15) is 25.7 Å². The van der Waals surface area contributed by atoms with Gasteiger partial charge in [0.25, 0.3) is 0 Å². The minimum absolute atomic E-state index is 0.260. The molecule has 0 unspecified atom stereocenters. The fraction of sp³-hybridized carbons (Fsp3) is 0.571. The van der Waals surface area contributed by atoms with E-state index in [1.54, 1.807) is 6.07 Å². The van der Waals surface area contributed by atoms with Crippen molar-refractivity contribution in [3.63, 3.8) is 0 Å². The summed E-state index contributed by atoms with van der Waals surface area (Å²) in [5.41, 5.74) is 1.22. The Morgan fingerprint density at radius 1 is 1.28 bits per heavy atom. The molecule has 0 atom stereocenters. The molecule has 1 saturated heterocycles. The summed E-state index contributed by atoms with van der Waals surface area (Å²) in [5, 5.41) is 4.18. The highest BCUT2D eigenvalue weighted by Crippen LogP contribution is 2.35. The van der Waals surface area contributed by atoms with Gasteiger partial charge in [-0.25, -0.2) is 4.39 Å². The first-order valence-electron chi connectivity index (χ1n) is 6.64. The molecule has 98 valence electrons. The zero-order chi connectivity index (χ0) is 12.6. The lowest BCUT2D eigenvalue weighted by Gasteiger charge is -2.43. The average Bonchev–Trinajstić information content (AvgIpc) is 2.77. The first-order chi connectivity index (χ1) is 8.69. The molecule has 0 aromatic heterocycles. The number of hydrogen-bond donors (Lipinski definition) is 1. The highest BCUT2D eigenvalue weighted by molar-refractivity contribution is 6.33. The largest absolute Gasteiger partial charge is 0.367 e. The number of nitrogens with zero attached hydrogens (tertiary/aromatic N) is 1. The molecule has 18 heavy (non-hydrogen) atoms. The van der Waals surface area contributed by atoms with Gasteiger partial charge in [0.1, 0.15) is 5.82 Å². The third-order valence-electron chi connectivity index (χ3n) is 4.19. The normalized spacial score (nSPS) is 22.7. The van der Waals surface area contributed by atoms with Crippen LogP contribution in [0.15, 0.2) is 18.2 Å². The maximum atomic E-state index is 13.1. The van der Waals surface area contributed by atoms with Crippen LogP contribution in [0.25, 0.3) is 0 Å². The van der Waals surface area contributed by atoms with Crippen LogP contribution in [0.2, 0.25) is 5.02 Å². The van der Waals surface area contributed by atoms with E-state index in [1.165, 1.54) is 37.8 Å². The van der Waals surface area contributed by atoms with Gasteiger partial charge >= 0.3 is 0 Å². The van der Waals surface area contributed by atoms with E-state index in [1.807, 2.05) is 0 Å². The Bertz CT molecular complexity index is 443. The van der Waals surface area contributed by atoms with Gasteiger partial charge in [0.05, 0.1) is 10.7 Å². The van der Waals surface area contributed by atoms with Gasteiger partial charge in [0.2, 0.25) is 0 Å². The van der Waals surface area contributed by atoms with Crippen LogP contribution in [0, 0.1) is 5.82 Å². The predicted octanol–water partition coefficient (Wildman–Crippen LogP) is 3.20. The molecular weight excluding hydrogens is 251 g/mol. The molecule has 1 heterocycles. The average molecular weight is 269 g/mol. The van der Waals surface area contributed by atoms with Crippen LogP contribution in [0.3, 0.4) is 0 Å². The minimum atomic E-state index is -0.269. The fourth-order valence-corrected chi connectivity index (χ4v) is 3.57. The van der Waals surface area contributed by atoms with Crippen molar-refractivity contribution in [2.75, 3.05) is 24.5 Å². The third kappa shape index (κ3) is 2.21. The van der Waals surface area contributed by atoms with Gasteiger partial charge in [-0.2, -0.15) is 0 Å². The number of anilines is 1. The van der Waals surface area contributed by atoms with Crippen molar-refractivity contribution in [1.29, 1.82) is 0 Å². The smallest absolute Gasteiger partial charge is 0.124 e. The van der Waals surface area contributed by atoms with Gasteiger partial charge < -0.3 is 10.2 Å². The third-order valence-corrected chi connectivity index (χ3v) is 4.49. The van der Waals surface area contributed by atoms with Crippen molar-refractivity contribution < 1.29 is 4.39 Å². The Hall–Kier alpha value is -0.800.